The molecule has 6 nitrogen and oxygen atoms in total. The van der Waals surface area contributed by atoms with Crippen LogP contribution in [0.3, 0.4) is 0 Å². The predicted octanol–water partition coefficient (Wildman–Crippen LogP) is 1.42. The van der Waals surface area contributed by atoms with Gasteiger partial charge in [0.25, 0.3) is 5.91 Å². The second-order valence-electron chi connectivity index (χ2n) is 5.34. The zero-order chi connectivity index (χ0) is 14.9. The number of nitrogens with zero attached hydrogens (tertiary/aromatic N) is 3. The van der Waals surface area contributed by atoms with Crippen molar-refractivity contribution in [3.8, 4) is 5.69 Å². The Morgan fingerprint density at radius 2 is 2.19 bits per heavy atom. The van der Waals surface area contributed by atoms with Crippen molar-refractivity contribution in [3.05, 3.63) is 41.2 Å². The molecule has 0 aliphatic heterocycles. The zero-order valence-corrected chi connectivity index (χ0v) is 12.0. The van der Waals surface area contributed by atoms with E-state index >= 15 is 0 Å². The zero-order valence-electron chi connectivity index (χ0n) is 11.3. The average Bonchev–Trinajstić information content (AvgIpc) is 3.12. The fourth-order valence-corrected chi connectivity index (χ4v) is 2.27. The fourth-order valence-electron chi connectivity index (χ4n) is 2.05. The fraction of sp³-hybridized carbons (Fsp3) is 0.357. The van der Waals surface area contributed by atoms with Crippen LogP contribution in [0.5, 0.6) is 0 Å². The number of aromatic nitrogens is 3. The Bertz CT molecular complexity index is 666. The second kappa shape index (κ2) is 5.46. The van der Waals surface area contributed by atoms with E-state index in [1.165, 1.54) is 10.9 Å². The van der Waals surface area contributed by atoms with E-state index in [4.69, 9.17) is 11.6 Å². The molecule has 21 heavy (non-hydrogen) atoms. The smallest absolute Gasteiger partial charge is 0.273 e. The lowest BCUT2D eigenvalue weighted by molar-refractivity contribution is 0.0930. The number of halogens is 1. The van der Waals surface area contributed by atoms with Gasteiger partial charge in [-0.3, -0.25) is 4.79 Å². The summed E-state index contributed by atoms with van der Waals surface area (Å²) in [7, 11) is 0. The summed E-state index contributed by atoms with van der Waals surface area (Å²) >= 11 is 6.08. The van der Waals surface area contributed by atoms with E-state index in [1.54, 1.807) is 12.1 Å². The number of carbonyl (C=O) groups excluding carboxylic acids is 1. The molecule has 7 heteroatoms. The average molecular weight is 307 g/mol. The quantitative estimate of drug-likeness (QED) is 0.875. The highest BCUT2D eigenvalue weighted by atomic mass is 35.5. The maximum Gasteiger partial charge on any atom is 0.273 e. The SMILES string of the molecule is O=C(NCC1(CO)CC1)c1cn(-c2ccccc2Cl)nn1. The van der Waals surface area contributed by atoms with Crippen LogP contribution in [-0.4, -0.2) is 39.2 Å². The van der Waals surface area contributed by atoms with Gasteiger partial charge in [-0.15, -0.1) is 5.10 Å². The maximum absolute atomic E-state index is 12.0. The number of aliphatic hydroxyl groups excluding tert-OH is 1. The van der Waals surface area contributed by atoms with Crippen molar-refractivity contribution >= 4 is 17.5 Å². The van der Waals surface area contributed by atoms with E-state index < -0.39 is 0 Å². The molecule has 3 rings (SSSR count). The first-order valence-corrected chi connectivity index (χ1v) is 7.08. The molecule has 110 valence electrons. The molecule has 0 radical (unpaired) electrons. The molecule has 1 aromatic heterocycles. The Morgan fingerprint density at radius 3 is 2.86 bits per heavy atom. The Morgan fingerprint density at radius 1 is 1.43 bits per heavy atom. The minimum atomic E-state index is -0.298. The van der Waals surface area contributed by atoms with Gasteiger partial charge in [-0.05, 0) is 25.0 Å². The van der Waals surface area contributed by atoms with E-state index in [2.05, 4.69) is 15.6 Å². The van der Waals surface area contributed by atoms with E-state index in [0.717, 1.165) is 12.8 Å². The lowest BCUT2D eigenvalue weighted by Gasteiger charge is -2.11. The third-order valence-electron chi connectivity index (χ3n) is 3.74. The summed E-state index contributed by atoms with van der Waals surface area (Å²) in [5.74, 6) is -0.298. The van der Waals surface area contributed by atoms with Crippen molar-refractivity contribution in [1.29, 1.82) is 0 Å². The van der Waals surface area contributed by atoms with Gasteiger partial charge in [0, 0.05) is 12.0 Å². The third kappa shape index (κ3) is 2.91. The van der Waals surface area contributed by atoms with E-state index in [0.29, 0.717) is 17.3 Å². The summed E-state index contributed by atoms with van der Waals surface area (Å²) in [5, 5.41) is 20.3. The lowest BCUT2D eigenvalue weighted by atomic mass is 10.1. The number of nitrogens with one attached hydrogen (secondary N) is 1. The van der Waals surface area contributed by atoms with Crippen molar-refractivity contribution in [3.63, 3.8) is 0 Å². The first-order valence-electron chi connectivity index (χ1n) is 6.70. The molecule has 1 aromatic carbocycles. The molecule has 2 N–H and O–H groups in total. The van der Waals surface area contributed by atoms with Crippen molar-refractivity contribution in [2.75, 3.05) is 13.2 Å². The monoisotopic (exact) mass is 306 g/mol. The minimum Gasteiger partial charge on any atom is -0.396 e. The van der Waals surface area contributed by atoms with Gasteiger partial charge >= 0.3 is 0 Å². The topological polar surface area (TPSA) is 80.0 Å². The molecule has 1 saturated carbocycles. The standard InChI is InChI=1S/C14H15ClN4O2/c15-10-3-1-2-4-12(10)19-7-11(17-18-19)13(21)16-8-14(9-20)5-6-14/h1-4,7,20H,5-6,8-9H2,(H,16,21). The largest absolute Gasteiger partial charge is 0.396 e. The highest BCUT2D eigenvalue weighted by Gasteiger charge is 2.42. The Kier molecular flexibility index (Phi) is 3.65. The summed E-state index contributed by atoms with van der Waals surface area (Å²) in [6, 6.07) is 7.20. The predicted molar refractivity (Wildman–Crippen MR) is 77.5 cm³/mol. The molecule has 1 aliphatic carbocycles. The van der Waals surface area contributed by atoms with Crippen molar-refractivity contribution < 1.29 is 9.90 Å². The number of para-hydroxylation sites is 1. The Labute approximate surface area is 126 Å². The summed E-state index contributed by atoms with van der Waals surface area (Å²) in [6.45, 7) is 0.556. The number of carbonyl (C=O) groups is 1. The third-order valence-corrected chi connectivity index (χ3v) is 4.06. The van der Waals surface area contributed by atoms with Crippen molar-refractivity contribution in [1.82, 2.24) is 20.3 Å². The summed E-state index contributed by atoms with van der Waals surface area (Å²) < 4.78 is 1.47. The van der Waals surface area contributed by atoms with Gasteiger partial charge in [0.15, 0.2) is 5.69 Å². The first kappa shape index (κ1) is 14.0. The van der Waals surface area contributed by atoms with Crippen LogP contribution in [0.4, 0.5) is 0 Å². The number of aliphatic hydroxyl groups is 1. The van der Waals surface area contributed by atoms with Crippen LogP contribution in [0.15, 0.2) is 30.5 Å². The lowest BCUT2D eigenvalue weighted by Crippen LogP contribution is -2.32. The number of hydrogen-bond donors (Lipinski definition) is 2. The van der Waals surface area contributed by atoms with Crippen LogP contribution < -0.4 is 5.32 Å². The Balaban J connectivity index is 1.70. The highest BCUT2D eigenvalue weighted by molar-refractivity contribution is 6.32. The summed E-state index contributed by atoms with van der Waals surface area (Å²) in [5.41, 5.74) is 0.761. The van der Waals surface area contributed by atoms with Crippen LogP contribution in [0.1, 0.15) is 23.3 Å². The molecular formula is C14H15ClN4O2. The molecule has 0 unspecified atom stereocenters. The normalized spacial score (nSPS) is 15.7. The molecule has 2 aromatic rings. The van der Waals surface area contributed by atoms with Crippen molar-refractivity contribution in [2.24, 2.45) is 5.41 Å². The molecule has 0 bridgehead atoms. The number of hydrogen-bond acceptors (Lipinski definition) is 4. The van der Waals surface area contributed by atoms with E-state index in [1.807, 2.05) is 12.1 Å². The van der Waals surface area contributed by atoms with Crippen LogP contribution in [0, 0.1) is 5.41 Å². The molecular weight excluding hydrogens is 292 g/mol. The van der Waals surface area contributed by atoms with Gasteiger partial charge in [-0.2, -0.15) is 0 Å². The van der Waals surface area contributed by atoms with Gasteiger partial charge in [0.05, 0.1) is 23.5 Å². The molecule has 0 saturated heterocycles. The molecule has 1 heterocycles. The highest BCUT2D eigenvalue weighted by Crippen LogP contribution is 2.44. The van der Waals surface area contributed by atoms with Gasteiger partial charge in [-0.1, -0.05) is 28.9 Å². The summed E-state index contributed by atoms with van der Waals surface area (Å²) in [6.07, 6.45) is 3.42. The Hall–Kier alpha value is -1.92. The molecule has 0 atom stereocenters. The second-order valence-corrected chi connectivity index (χ2v) is 5.75. The number of amides is 1. The molecule has 1 fully saturated rings. The number of benzene rings is 1. The van der Waals surface area contributed by atoms with E-state index in [9.17, 15) is 9.90 Å². The van der Waals surface area contributed by atoms with Crippen molar-refractivity contribution in [2.45, 2.75) is 12.8 Å². The van der Waals surface area contributed by atoms with Gasteiger partial charge in [-0.25, -0.2) is 4.68 Å². The summed E-state index contributed by atoms with van der Waals surface area (Å²) in [4.78, 5) is 12.0. The number of rotatable bonds is 5. The van der Waals surface area contributed by atoms with Crippen LogP contribution >= 0.6 is 11.6 Å². The maximum atomic E-state index is 12.0. The van der Waals surface area contributed by atoms with Gasteiger partial charge in [0.1, 0.15) is 0 Å². The van der Waals surface area contributed by atoms with E-state index in [-0.39, 0.29) is 23.6 Å². The van der Waals surface area contributed by atoms with Crippen LogP contribution in [0.25, 0.3) is 5.69 Å². The molecule has 0 spiro atoms. The van der Waals surface area contributed by atoms with Gasteiger partial charge in [0.2, 0.25) is 0 Å². The minimum absolute atomic E-state index is 0.0968. The van der Waals surface area contributed by atoms with Crippen LogP contribution in [0.2, 0.25) is 5.02 Å². The first-order chi connectivity index (χ1) is 10.1. The van der Waals surface area contributed by atoms with Gasteiger partial charge < -0.3 is 10.4 Å². The molecule has 1 aliphatic rings. The van der Waals surface area contributed by atoms with Crippen LogP contribution in [-0.2, 0) is 0 Å². The molecule has 1 amide bonds.